The first-order valence-electron chi connectivity index (χ1n) is 9.66. The molecule has 0 spiro atoms. The van der Waals surface area contributed by atoms with Gasteiger partial charge >= 0.3 is 0 Å². The van der Waals surface area contributed by atoms with Crippen molar-refractivity contribution in [3.05, 3.63) is 78.4 Å². The molecule has 2 nitrogen and oxygen atoms in total. The summed E-state index contributed by atoms with van der Waals surface area (Å²) in [7, 11) is 0. The van der Waals surface area contributed by atoms with E-state index in [4.69, 9.17) is 0 Å². The van der Waals surface area contributed by atoms with Crippen molar-refractivity contribution in [2.24, 2.45) is 5.41 Å². The quantitative estimate of drug-likeness (QED) is 0.361. The summed E-state index contributed by atoms with van der Waals surface area (Å²) < 4.78 is 2.27. The van der Waals surface area contributed by atoms with Crippen LogP contribution in [-0.2, 0) is 0 Å². The number of benzene rings is 3. The molecule has 1 aromatic heterocycles. The van der Waals surface area contributed by atoms with E-state index in [0.717, 1.165) is 24.1 Å². The lowest BCUT2D eigenvalue weighted by Gasteiger charge is -2.22. The highest BCUT2D eigenvalue weighted by Gasteiger charge is 2.27. The molecular formula is C25H25NO. The molecule has 0 aliphatic heterocycles. The van der Waals surface area contributed by atoms with Gasteiger partial charge in [0.15, 0.2) is 5.78 Å². The summed E-state index contributed by atoms with van der Waals surface area (Å²) in [5, 5.41) is 2.50. The van der Waals surface area contributed by atoms with Gasteiger partial charge in [-0.3, -0.25) is 4.79 Å². The van der Waals surface area contributed by atoms with Crippen molar-refractivity contribution >= 4 is 27.6 Å². The number of aromatic nitrogens is 1. The number of fused-ring (bicyclic) bond motifs is 3. The van der Waals surface area contributed by atoms with Gasteiger partial charge in [-0.15, -0.1) is 0 Å². The normalized spacial score (nSPS) is 12.0. The molecule has 0 atom stereocenters. The fourth-order valence-corrected chi connectivity index (χ4v) is 4.09. The number of hydrogen-bond donors (Lipinski definition) is 0. The second kappa shape index (κ2) is 6.70. The van der Waals surface area contributed by atoms with E-state index in [1.54, 1.807) is 0 Å². The van der Waals surface area contributed by atoms with Crippen LogP contribution in [0.5, 0.6) is 0 Å². The molecule has 0 bridgehead atoms. The van der Waals surface area contributed by atoms with Gasteiger partial charge in [-0.2, -0.15) is 0 Å². The van der Waals surface area contributed by atoms with Gasteiger partial charge in [-0.1, -0.05) is 63.6 Å². The van der Waals surface area contributed by atoms with E-state index in [1.807, 2.05) is 26.0 Å². The van der Waals surface area contributed by atoms with Crippen molar-refractivity contribution in [2.75, 3.05) is 0 Å². The largest absolute Gasteiger partial charge is 0.309 e. The second-order valence-electron chi connectivity index (χ2n) is 7.88. The summed E-state index contributed by atoms with van der Waals surface area (Å²) in [4.78, 5) is 12.9. The average molecular weight is 355 g/mol. The fraction of sp³-hybridized carbons (Fsp3) is 0.240. The van der Waals surface area contributed by atoms with Gasteiger partial charge in [0.05, 0.1) is 11.0 Å². The molecule has 0 N–H and O–H groups in total. The van der Waals surface area contributed by atoms with Gasteiger partial charge in [-0.05, 0) is 42.8 Å². The predicted octanol–water partition coefficient (Wildman–Crippen LogP) is 6.79. The molecule has 3 aromatic carbocycles. The SMILES string of the molecule is CCCC(C)(C)C(=O)c1ccc(-n2c3ccccc3c3ccccc32)cc1. The van der Waals surface area contributed by atoms with E-state index in [9.17, 15) is 4.79 Å². The number of carbonyl (C=O) groups excluding carboxylic acids is 1. The molecule has 0 aliphatic carbocycles. The minimum atomic E-state index is -0.316. The van der Waals surface area contributed by atoms with Crippen molar-refractivity contribution in [3.8, 4) is 5.69 Å². The van der Waals surface area contributed by atoms with Gasteiger partial charge in [0.1, 0.15) is 0 Å². The van der Waals surface area contributed by atoms with Crippen LogP contribution in [0.2, 0.25) is 0 Å². The summed E-state index contributed by atoms with van der Waals surface area (Å²) in [6.45, 7) is 6.21. The summed E-state index contributed by atoms with van der Waals surface area (Å²) >= 11 is 0. The zero-order valence-electron chi connectivity index (χ0n) is 16.2. The molecule has 4 rings (SSSR count). The van der Waals surface area contributed by atoms with Crippen LogP contribution in [0.15, 0.2) is 72.8 Å². The van der Waals surface area contributed by atoms with Crippen LogP contribution in [0.25, 0.3) is 27.5 Å². The van der Waals surface area contributed by atoms with Crippen molar-refractivity contribution in [2.45, 2.75) is 33.6 Å². The number of nitrogens with zero attached hydrogens (tertiary/aromatic N) is 1. The predicted molar refractivity (Wildman–Crippen MR) is 114 cm³/mol. The van der Waals surface area contributed by atoms with E-state index in [0.29, 0.717) is 0 Å². The Bertz CT molecular complexity index is 1060. The molecule has 0 saturated carbocycles. The second-order valence-corrected chi connectivity index (χ2v) is 7.88. The standard InChI is InChI=1S/C25H25NO/c1-4-17-25(2,3)24(27)18-13-15-19(16-14-18)26-22-11-7-5-9-20(22)21-10-6-8-12-23(21)26/h5-16H,4,17H2,1-3H3. The minimum absolute atomic E-state index is 0.220. The molecule has 0 saturated heterocycles. The Morgan fingerprint density at radius 1 is 0.815 bits per heavy atom. The summed E-state index contributed by atoms with van der Waals surface area (Å²) in [5.74, 6) is 0.220. The first kappa shape index (κ1) is 17.5. The molecule has 0 unspecified atom stereocenters. The maximum atomic E-state index is 12.9. The molecule has 27 heavy (non-hydrogen) atoms. The van der Waals surface area contributed by atoms with Crippen LogP contribution in [0.3, 0.4) is 0 Å². The van der Waals surface area contributed by atoms with Gasteiger partial charge in [0.2, 0.25) is 0 Å². The first-order chi connectivity index (χ1) is 13.0. The third kappa shape index (κ3) is 2.95. The van der Waals surface area contributed by atoms with Gasteiger partial charge in [0, 0.05) is 27.4 Å². The minimum Gasteiger partial charge on any atom is -0.309 e. The number of hydrogen-bond acceptors (Lipinski definition) is 1. The number of Topliss-reactive ketones (excluding diaryl/α,β-unsaturated/α-hetero) is 1. The summed E-state index contributed by atoms with van der Waals surface area (Å²) in [6.07, 6.45) is 1.92. The van der Waals surface area contributed by atoms with E-state index >= 15 is 0 Å². The van der Waals surface area contributed by atoms with E-state index in [-0.39, 0.29) is 11.2 Å². The van der Waals surface area contributed by atoms with Crippen LogP contribution >= 0.6 is 0 Å². The van der Waals surface area contributed by atoms with Crippen LogP contribution < -0.4 is 0 Å². The molecule has 0 aliphatic rings. The molecule has 136 valence electrons. The maximum Gasteiger partial charge on any atom is 0.168 e. The van der Waals surface area contributed by atoms with Crippen molar-refractivity contribution in [1.82, 2.24) is 4.57 Å². The lowest BCUT2D eigenvalue weighted by molar-refractivity contribution is 0.0825. The summed E-state index contributed by atoms with van der Waals surface area (Å²) in [5.41, 5.74) is 3.92. The van der Waals surface area contributed by atoms with Gasteiger partial charge in [-0.25, -0.2) is 0 Å². The Hall–Kier alpha value is -2.87. The molecule has 2 heteroatoms. The number of ketones is 1. The average Bonchev–Trinajstić information content (AvgIpc) is 3.02. The van der Waals surface area contributed by atoms with Crippen molar-refractivity contribution in [3.63, 3.8) is 0 Å². The topological polar surface area (TPSA) is 22.0 Å². The van der Waals surface area contributed by atoms with E-state index in [2.05, 4.69) is 72.2 Å². The zero-order valence-corrected chi connectivity index (χ0v) is 16.2. The highest BCUT2D eigenvalue weighted by Crippen LogP contribution is 2.32. The fourth-order valence-electron chi connectivity index (χ4n) is 4.09. The highest BCUT2D eigenvalue weighted by molar-refractivity contribution is 6.09. The molecule has 0 amide bonds. The van der Waals surface area contributed by atoms with Crippen LogP contribution in [0.4, 0.5) is 0 Å². The van der Waals surface area contributed by atoms with E-state index < -0.39 is 0 Å². The number of rotatable bonds is 5. The Morgan fingerprint density at radius 3 is 1.85 bits per heavy atom. The zero-order chi connectivity index (χ0) is 19.0. The smallest absolute Gasteiger partial charge is 0.168 e. The van der Waals surface area contributed by atoms with Gasteiger partial charge in [0.25, 0.3) is 0 Å². The molecular weight excluding hydrogens is 330 g/mol. The highest BCUT2D eigenvalue weighted by atomic mass is 16.1. The maximum absolute atomic E-state index is 12.9. The summed E-state index contributed by atoms with van der Waals surface area (Å²) in [6, 6.07) is 25.0. The Balaban J connectivity index is 1.82. The lowest BCUT2D eigenvalue weighted by atomic mass is 9.80. The Morgan fingerprint density at radius 2 is 1.33 bits per heavy atom. The van der Waals surface area contributed by atoms with Gasteiger partial charge < -0.3 is 4.57 Å². The third-order valence-corrected chi connectivity index (χ3v) is 5.46. The number of carbonyl (C=O) groups is 1. The van der Waals surface area contributed by atoms with Crippen LogP contribution in [0, 0.1) is 5.41 Å². The third-order valence-electron chi connectivity index (χ3n) is 5.46. The Kier molecular flexibility index (Phi) is 4.35. The van der Waals surface area contributed by atoms with Crippen molar-refractivity contribution in [1.29, 1.82) is 0 Å². The Labute approximate surface area is 160 Å². The molecule has 0 fully saturated rings. The lowest BCUT2D eigenvalue weighted by Crippen LogP contribution is -2.24. The van der Waals surface area contributed by atoms with E-state index in [1.165, 1.54) is 21.8 Å². The first-order valence-corrected chi connectivity index (χ1v) is 9.66. The molecule has 0 radical (unpaired) electrons. The monoisotopic (exact) mass is 355 g/mol. The van der Waals surface area contributed by atoms with Crippen LogP contribution in [-0.4, -0.2) is 10.4 Å². The van der Waals surface area contributed by atoms with Crippen molar-refractivity contribution < 1.29 is 4.79 Å². The molecule has 4 aromatic rings. The van der Waals surface area contributed by atoms with Crippen LogP contribution in [0.1, 0.15) is 44.0 Å². The number of para-hydroxylation sites is 2. The molecule has 1 heterocycles.